The van der Waals surface area contributed by atoms with Gasteiger partial charge in [-0.3, -0.25) is 9.59 Å². The van der Waals surface area contributed by atoms with Gasteiger partial charge in [0.25, 0.3) is 11.8 Å². The Labute approximate surface area is 202 Å². The smallest absolute Gasteiger partial charge is 0.257 e. The zero-order chi connectivity index (χ0) is 24.6. The Morgan fingerprint density at radius 3 is 2.20 bits per heavy atom. The average Bonchev–Trinajstić information content (AvgIpc) is 2.95. The van der Waals surface area contributed by atoms with Gasteiger partial charge in [0.15, 0.2) is 0 Å². The molecule has 0 radical (unpaired) electrons. The third-order valence-corrected chi connectivity index (χ3v) is 7.68. The monoisotopic (exact) mass is 484 g/mol. The zero-order valence-electron chi connectivity index (χ0n) is 18.4. The molecular weight excluding hydrogens is 464 g/mol. The van der Waals surface area contributed by atoms with Crippen LogP contribution >= 0.6 is 0 Å². The Bertz CT molecular complexity index is 1560. The molecule has 0 atom stereocenters. The molecule has 8 heteroatoms. The van der Waals surface area contributed by atoms with Crippen molar-refractivity contribution in [1.29, 1.82) is 0 Å². The van der Waals surface area contributed by atoms with Gasteiger partial charge < -0.3 is 15.7 Å². The molecule has 35 heavy (non-hydrogen) atoms. The van der Waals surface area contributed by atoms with Crippen LogP contribution in [0.4, 0.5) is 5.69 Å². The highest BCUT2D eigenvalue weighted by atomic mass is 32.2. The van der Waals surface area contributed by atoms with E-state index in [9.17, 15) is 23.1 Å². The highest BCUT2D eigenvalue weighted by Gasteiger charge is 2.31. The lowest BCUT2D eigenvalue weighted by atomic mass is 10.0. The molecule has 2 amide bonds. The first-order valence-electron chi connectivity index (χ1n) is 10.8. The van der Waals surface area contributed by atoms with E-state index in [4.69, 9.17) is 0 Å². The van der Waals surface area contributed by atoms with Crippen LogP contribution in [0.5, 0.6) is 5.75 Å². The summed E-state index contributed by atoms with van der Waals surface area (Å²) in [5.74, 6) is -0.745. The number of hydrogen-bond acceptors (Lipinski definition) is 5. The number of phenols is 1. The Hall–Kier alpha value is -4.43. The number of amides is 2. The summed E-state index contributed by atoms with van der Waals surface area (Å²) in [6, 6.07) is 24.7. The van der Waals surface area contributed by atoms with Gasteiger partial charge in [-0.25, -0.2) is 8.42 Å². The lowest BCUT2D eigenvalue weighted by Crippen LogP contribution is -2.23. The van der Waals surface area contributed by atoms with Crippen LogP contribution < -0.4 is 10.6 Å². The van der Waals surface area contributed by atoms with Gasteiger partial charge in [0, 0.05) is 12.1 Å². The maximum absolute atomic E-state index is 13.1. The van der Waals surface area contributed by atoms with Crippen LogP contribution in [-0.2, 0) is 16.4 Å². The van der Waals surface area contributed by atoms with E-state index in [0.717, 1.165) is 16.7 Å². The quantitative estimate of drug-likeness (QED) is 0.398. The molecule has 0 unspecified atom stereocenters. The van der Waals surface area contributed by atoms with Gasteiger partial charge in [-0.05, 0) is 59.2 Å². The van der Waals surface area contributed by atoms with Crippen molar-refractivity contribution < 1.29 is 23.1 Å². The molecule has 4 aromatic rings. The number of rotatable bonds is 4. The van der Waals surface area contributed by atoms with Crippen molar-refractivity contribution in [2.24, 2.45) is 0 Å². The normalized spacial score (nSPS) is 13.7. The molecule has 7 nitrogen and oxygen atoms in total. The molecule has 4 aromatic carbocycles. The largest absolute Gasteiger partial charge is 0.508 e. The lowest BCUT2D eigenvalue weighted by molar-refractivity contribution is 0.0949. The Kier molecular flexibility index (Phi) is 5.58. The summed E-state index contributed by atoms with van der Waals surface area (Å²) in [4.78, 5) is 25.3. The summed E-state index contributed by atoms with van der Waals surface area (Å²) in [6.45, 7) is 0.266. The average molecular weight is 485 g/mol. The van der Waals surface area contributed by atoms with Crippen molar-refractivity contribution in [1.82, 2.24) is 5.32 Å². The highest BCUT2D eigenvalue weighted by molar-refractivity contribution is 7.91. The van der Waals surface area contributed by atoms with Crippen molar-refractivity contribution in [3.8, 4) is 16.9 Å². The molecule has 0 bridgehead atoms. The second kappa shape index (κ2) is 8.73. The third-order valence-electron chi connectivity index (χ3n) is 5.81. The molecular formula is C27H20N2O5S. The SMILES string of the molecule is O=C(NCc1ccc(-c2ccc(O)cc2)cc1)c1ccc2c(c1)NC(=O)c1ccccc1S2(=O)=O. The fraction of sp³-hybridized carbons (Fsp3) is 0.0370. The van der Waals surface area contributed by atoms with E-state index in [0.29, 0.717) is 0 Å². The topological polar surface area (TPSA) is 113 Å². The molecule has 3 N–H and O–H groups in total. The van der Waals surface area contributed by atoms with Crippen molar-refractivity contribution >= 4 is 27.3 Å². The molecule has 5 rings (SSSR count). The van der Waals surface area contributed by atoms with E-state index in [1.807, 2.05) is 36.4 Å². The fourth-order valence-corrected chi connectivity index (χ4v) is 5.54. The van der Waals surface area contributed by atoms with Gasteiger partial charge in [-0.2, -0.15) is 0 Å². The predicted octanol–water partition coefficient (Wildman–Crippen LogP) is 4.39. The number of hydrogen-bond donors (Lipinski definition) is 3. The van der Waals surface area contributed by atoms with E-state index in [1.165, 1.54) is 30.3 Å². The van der Waals surface area contributed by atoms with Crippen molar-refractivity contribution in [3.63, 3.8) is 0 Å². The first-order chi connectivity index (χ1) is 16.8. The molecule has 0 aliphatic carbocycles. The number of carbonyl (C=O) groups is 2. The molecule has 0 spiro atoms. The fourth-order valence-electron chi connectivity index (χ4n) is 3.95. The Morgan fingerprint density at radius 1 is 0.829 bits per heavy atom. The maximum atomic E-state index is 13.1. The molecule has 1 aliphatic rings. The van der Waals surface area contributed by atoms with Crippen LogP contribution in [0.25, 0.3) is 11.1 Å². The first kappa shape index (κ1) is 22.4. The summed E-state index contributed by atoms with van der Waals surface area (Å²) in [7, 11) is -3.93. The minimum absolute atomic E-state index is 0.0582. The van der Waals surface area contributed by atoms with Crippen LogP contribution in [0.2, 0.25) is 0 Å². The van der Waals surface area contributed by atoms with Gasteiger partial charge >= 0.3 is 0 Å². The minimum Gasteiger partial charge on any atom is -0.508 e. The molecule has 0 aromatic heterocycles. The highest BCUT2D eigenvalue weighted by Crippen LogP contribution is 2.34. The first-order valence-corrected chi connectivity index (χ1v) is 12.3. The third kappa shape index (κ3) is 4.27. The summed E-state index contributed by atoms with van der Waals surface area (Å²) < 4.78 is 26.2. The number of fused-ring (bicyclic) bond motifs is 2. The van der Waals surface area contributed by atoms with E-state index < -0.39 is 21.7 Å². The standard InChI is InChI=1S/C27H20N2O5S/c30-21-12-9-19(10-13-21)18-7-5-17(6-8-18)16-28-26(31)20-11-14-25-23(15-20)29-27(32)22-3-1-2-4-24(22)35(25,33)34/h1-15,30H,16H2,(H,28,31)(H,29,32). The predicted molar refractivity (Wildman–Crippen MR) is 131 cm³/mol. The van der Waals surface area contributed by atoms with E-state index in [2.05, 4.69) is 10.6 Å². The number of carbonyl (C=O) groups excluding carboxylic acids is 2. The van der Waals surface area contributed by atoms with Gasteiger partial charge in [0.2, 0.25) is 9.84 Å². The summed E-state index contributed by atoms with van der Waals surface area (Å²) in [5, 5.41) is 14.9. The van der Waals surface area contributed by atoms with E-state index in [-0.39, 0.29) is 38.9 Å². The molecule has 0 fully saturated rings. The Balaban J connectivity index is 1.33. The van der Waals surface area contributed by atoms with Gasteiger partial charge in [0.1, 0.15) is 5.75 Å². The molecule has 174 valence electrons. The van der Waals surface area contributed by atoms with Crippen LogP contribution in [0.15, 0.2) is 101 Å². The molecule has 0 saturated carbocycles. The lowest BCUT2D eigenvalue weighted by Gasteiger charge is -2.11. The van der Waals surface area contributed by atoms with Crippen molar-refractivity contribution in [2.45, 2.75) is 16.3 Å². The number of benzene rings is 4. The van der Waals surface area contributed by atoms with Crippen molar-refractivity contribution in [2.75, 3.05) is 5.32 Å². The van der Waals surface area contributed by atoms with Crippen LogP contribution in [0, 0.1) is 0 Å². The Morgan fingerprint density at radius 2 is 1.49 bits per heavy atom. The summed E-state index contributed by atoms with van der Waals surface area (Å²) >= 11 is 0. The molecule has 1 heterocycles. The number of aromatic hydroxyl groups is 1. The van der Waals surface area contributed by atoms with Gasteiger partial charge in [0.05, 0.1) is 21.0 Å². The van der Waals surface area contributed by atoms with Crippen LogP contribution in [0.1, 0.15) is 26.3 Å². The number of sulfone groups is 1. The number of anilines is 1. The summed E-state index contributed by atoms with van der Waals surface area (Å²) in [6.07, 6.45) is 0. The van der Waals surface area contributed by atoms with Gasteiger partial charge in [-0.15, -0.1) is 0 Å². The summed E-state index contributed by atoms with van der Waals surface area (Å²) in [5.41, 5.74) is 3.17. The van der Waals surface area contributed by atoms with E-state index >= 15 is 0 Å². The molecule has 1 aliphatic heterocycles. The van der Waals surface area contributed by atoms with E-state index in [1.54, 1.807) is 24.3 Å². The second-order valence-corrected chi connectivity index (χ2v) is 9.98. The molecule has 0 saturated heterocycles. The maximum Gasteiger partial charge on any atom is 0.257 e. The van der Waals surface area contributed by atoms with Gasteiger partial charge in [-0.1, -0.05) is 48.5 Å². The van der Waals surface area contributed by atoms with Crippen LogP contribution in [0.3, 0.4) is 0 Å². The number of phenolic OH excluding ortho intramolecular Hbond substituents is 1. The second-order valence-electron chi connectivity index (χ2n) is 8.09. The minimum atomic E-state index is -3.93. The van der Waals surface area contributed by atoms with Crippen LogP contribution in [-0.4, -0.2) is 25.3 Å². The van der Waals surface area contributed by atoms with Crippen molar-refractivity contribution in [3.05, 3.63) is 108 Å². The zero-order valence-corrected chi connectivity index (χ0v) is 19.2. The number of nitrogens with one attached hydrogen (secondary N) is 2.